The monoisotopic (exact) mass is 299 g/mol. The average molecular weight is 299 g/mol. The summed E-state index contributed by atoms with van der Waals surface area (Å²) in [6.45, 7) is 4.83. The lowest BCUT2D eigenvalue weighted by molar-refractivity contribution is -0.138. The molecule has 0 saturated heterocycles. The van der Waals surface area contributed by atoms with Crippen LogP contribution in [0.15, 0.2) is 12.1 Å². The molecule has 21 heavy (non-hydrogen) atoms. The van der Waals surface area contributed by atoms with Crippen molar-refractivity contribution < 1.29 is 28.2 Å². The van der Waals surface area contributed by atoms with Gasteiger partial charge in [0, 0.05) is 12.5 Å². The summed E-state index contributed by atoms with van der Waals surface area (Å²) in [6.07, 6.45) is -1.14. The molecule has 1 aromatic carbocycles. The zero-order chi connectivity index (χ0) is 15.9. The van der Waals surface area contributed by atoms with E-state index < -0.39 is 35.3 Å². The predicted molar refractivity (Wildman–Crippen MR) is 70.2 cm³/mol. The van der Waals surface area contributed by atoms with Crippen LogP contribution in [0.1, 0.15) is 26.3 Å². The average Bonchev–Trinajstić information content (AvgIpc) is 2.65. The lowest BCUT2D eigenvalue weighted by Gasteiger charge is -2.27. The van der Waals surface area contributed by atoms with Crippen LogP contribution in [-0.2, 0) is 16.0 Å². The first-order valence-corrected chi connectivity index (χ1v) is 6.33. The number of ether oxygens (including phenoxy) is 1. The Morgan fingerprint density at radius 3 is 2.48 bits per heavy atom. The summed E-state index contributed by atoms with van der Waals surface area (Å²) in [6, 6.07) is 0.324. The molecule has 5 nitrogen and oxygen atoms in total. The molecule has 0 spiro atoms. The Morgan fingerprint density at radius 2 is 1.95 bits per heavy atom. The normalized spacial score (nSPS) is 17.6. The van der Waals surface area contributed by atoms with Crippen LogP contribution in [0.25, 0.3) is 0 Å². The quantitative estimate of drug-likeness (QED) is 0.866. The van der Waals surface area contributed by atoms with Crippen LogP contribution in [0, 0.1) is 11.6 Å². The summed E-state index contributed by atoms with van der Waals surface area (Å²) in [7, 11) is 0. The molecular weight excluding hydrogens is 284 g/mol. The van der Waals surface area contributed by atoms with Gasteiger partial charge in [-0.05, 0) is 32.4 Å². The number of aliphatic carboxylic acids is 1. The molecule has 1 N–H and O–H groups in total. The highest BCUT2D eigenvalue weighted by Crippen LogP contribution is 2.36. The van der Waals surface area contributed by atoms with Gasteiger partial charge in [-0.15, -0.1) is 0 Å². The van der Waals surface area contributed by atoms with Crippen molar-refractivity contribution in [3.63, 3.8) is 0 Å². The minimum Gasteiger partial charge on any atom is -0.480 e. The number of anilines is 1. The minimum absolute atomic E-state index is 0.130. The van der Waals surface area contributed by atoms with Crippen molar-refractivity contribution >= 4 is 17.7 Å². The molecule has 0 aliphatic carbocycles. The highest BCUT2D eigenvalue weighted by Gasteiger charge is 2.42. The van der Waals surface area contributed by atoms with Crippen molar-refractivity contribution in [3.8, 4) is 0 Å². The van der Waals surface area contributed by atoms with E-state index in [0.29, 0.717) is 6.07 Å². The van der Waals surface area contributed by atoms with Crippen LogP contribution in [0.3, 0.4) is 0 Å². The predicted octanol–water partition coefficient (Wildman–Crippen LogP) is 2.72. The number of rotatable bonds is 1. The number of amides is 1. The van der Waals surface area contributed by atoms with Crippen LogP contribution < -0.4 is 4.90 Å². The van der Waals surface area contributed by atoms with E-state index in [-0.39, 0.29) is 17.7 Å². The number of carbonyl (C=O) groups excluding carboxylic acids is 1. The molecule has 0 bridgehead atoms. The maximum absolute atomic E-state index is 13.9. The van der Waals surface area contributed by atoms with Crippen LogP contribution >= 0.6 is 0 Å². The van der Waals surface area contributed by atoms with Crippen molar-refractivity contribution in [2.75, 3.05) is 4.90 Å². The minimum atomic E-state index is -1.31. The third-order valence-corrected chi connectivity index (χ3v) is 2.95. The first-order valence-electron chi connectivity index (χ1n) is 6.33. The van der Waals surface area contributed by atoms with E-state index in [2.05, 4.69) is 0 Å². The Morgan fingerprint density at radius 1 is 1.33 bits per heavy atom. The van der Waals surface area contributed by atoms with E-state index in [4.69, 9.17) is 4.74 Å². The second-order valence-corrected chi connectivity index (χ2v) is 5.80. The van der Waals surface area contributed by atoms with Gasteiger partial charge in [0.2, 0.25) is 0 Å². The van der Waals surface area contributed by atoms with E-state index in [1.807, 2.05) is 0 Å². The Hall–Kier alpha value is -2.18. The maximum Gasteiger partial charge on any atom is 0.415 e. The molecule has 0 unspecified atom stereocenters. The van der Waals surface area contributed by atoms with Crippen LogP contribution in [0.5, 0.6) is 0 Å². The largest absolute Gasteiger partial charge is 0.480 e. The summed E-state index contributed by atoms with van der Waals surface area (Å²) >= 11 is 0. The highest BCUT2D eigenvalue weighted by molar-refractivity contribution is 5.98. The number of carboxylic acids is 1. The van der Waals surface area contributed by atoms with E-state index >= 15 is 0 Å². The smallest absolute Gasteiger partial charge is 0.415 e. The van der Waals surface area contributed by atoms with Crippen molar-refractivity contribution in [2.24, 2.45) is 0 Å². The number of halogens is 2. The zero-order valence-corrected chi connectivity index (χ0v) is 11.8. The van der Waals surface area contributed by atoms with Gasteiger partial charge in [0.1, 0.15) is 23.3 Å². The summed E-state index contributed by atoms with van der Waals surface area (Å²) in [5.41, 5.74) is -0.969. The Labute approximate surface area is 120 Å². The van der Waals surface area contributed by atoms with Gasteiger partial charge in [-0.2, -0.15) is 0 Å². The second kappa shape index (κ2) is 4.98. The summed E-state index contributed by atoms with van der Waals surface area (Å²) < 4.78 is 32.3. The maximum atomic E-state index is 13.9. The molecule has 0 saturated carbocycles. The summed E-state index contributed by atoms with van der Waals surface area (Å²) in [5.74, 6) is -3.11. The van der Waals surface area contributed by atoms with Gasteiger partial charge in [-0.3, -0.25) is 4.90 Å². The molecular formula is C14H15F2NO4. The van der Waals surface area contributed by atoms with Gasteiger partial charge in [0.05, 0.1) is 5.69 Å². The van der Waals surface area contributed by atoms with Gasteiger partial charge in [0.15, 0.2) is 0 Å². The number of benzene rings is 1. The van der Waals surface area contributed by atoms with Crippen LogP contribution in [0.4, 0.5) is 19.3 Å². The van der Waals surface area contributed by atoms with Crippen molar-refractivity contribution in [1.29, 1.82) is 0 Å². The topological polar surface area (TPSA) is 66.8 Å². The molecule has 1 aliphatic rings. The third kappa shape index (κ3) is 2.96. The highest BCUT2D eigenvalue weighted by atomic mass is 19.1. The number of carbonyl (C=O) groups is 2. The third-order valence-electron chi connectivity index (χ3n) is 2.95. The molecule has 114 valence electrons. The van der Waals surface area contributed by atoms with Gasteiger partial charge in [-0.1, -0.05) is 0 Å². The van der Waals surface area contributed by atoms with Crippen molar-refractivity contribution in [2.45, 2.75) is 38.8 Å². The molecule has 1 aliphatic heterocycles. The Balaban J connectivity index is 2.47. The number of fused-ring (bicyclic) bond motifs is 1. The molecule has 2 rings (SSSR count). The lowest BCUT2D eigenvalue weighted by atomic mass is 10.1. The van der Waals surface area contributed by atoms with E-state index in [0.717, 1.165) is 11.0 Å². The second-order valence-electron chi connectivity index (χ2n) is 5.80. The molecule has 7 heteroatoms. The first kappa shape index (κ1) is 15.2. The molecule has 0 radical (unpaired) electrons. The standard InChI is InChI=1S/C14H15F2NO4/c1-14(2,3)21-13(20)17-10(12(18)19)5-7-4-8(15)6-9(16)11(7)17/h4,6,10H,5H2,1-3H3,(H,18,19)/t10-/m1/s1. The number of hydrogen-bond acceptors (Lipinski definition) is 3. The Kier molecular flexibility index (Phi) is 3.61. The molecule has 0 fully saturated rings. The Bertz CT molecular complexity index is 610. The SMILES string of the molecule is CC(C)(C)OC(=O)N1c2c(F)cc(F)cc2C[C@@H]1C(=O)O. The van der Waals surface area contributed by atoms with Crippen LogP contribution in [-0.4, -0.2) is 28.8 Å². The van der Waals surface area contributed by atoms with Gasteiger partial charge in [0.25, 0.3) is 0 Å². The van der Waals surface area contributed by atoms with Gasteiger partial charge < -0.3 is 9.84 Å². The molecule has 1 aromatic rings. The fourth-order valence-corrected chi connectivity index (χ4v) is 2.23. The number of nitrogens with zero attached hydrogens (tertiary/aromatic N) is 1. The molecule has 1 amide bonds. The number of hydrogen-bond donors (Lipinski definition) is 1. The summed E-state index contributed by atoms with van der Waals surface area (Å²) in [4.78, 5) is 24.2. The van der Waals surface area contributed by atoms with E-state index in [1.54, 1.807) is 20.8 Å². The lowest BCUT2D eigenvalue weighted by Crippen LogP contribution is -2.45. The fraction of sp³-hybridized carbons (Fsp3) is 0.429. The van der Waals surface area contributed by atoms with Crippen molar-refractivity contribution in [1.82, 2.24) is 0 Å². The van der Waals surface area contributed by atoms with E-state index in [1.165, 1.54) is 0 Å². The van der Waals surface area contributed by atoms with Crippen molar-refractivity contribution in [3.05, 3.63) is 29.3 Å². The zero-order valence-electron chi connectivity index (χ0n) is 11.8. The molecule has 0 aromatic heterocycles. The van der Waals surface area contributed by atoms with Gasteiger partial charge >= 0.3 is 12.1 Å². The number of carboxylic acid groups (broad SMARTS) is 1. The fourth-order valence-electron chi connectivity index (χ4n) is 2.23. The molecule has 1 heterocycles. The van der Waals surface area contributed by atoms with Crippen LogP contribution in [0.2, 0.25) is 0 Å². The van der Waals surface area contributed by atoms with Gasteiger partial charge in [-0.25, -0.2) is 18.4 Å². The summed E-state index contributed by atoms with van der Waals surface area (Å²) in [5, 5.41) is 9.20. The van der Waals surface area contributed by atoms with E-state index in [9.17, 15) is 23.5 Å². The molecule has 1 atom stereocenters. The first-order chi connectivity index (χ1) is 9.60.